The van der Waals surface area contributed by atoms with Crippen LogP contribution < -0.4 is 5.32 Å². The Kier molecular flexibility index (Phi) is 4.68. The van der Waals surface area contributed by atoms with Gasteiger partial charge in [0.1, 0.15) is 5.60 Å². The van der Waals surface area contributed by atoms with Crippen LogP contribution >= 0.6 is 0 Å². The minimum Gasteiger partial charge on any atom is -0.458 e. The molecular weight excluding hydrogens is 346 g/mol. The molecule has 1 N–H and O–H groups in total. The van der Waals surface area contributed by atoms with Gasteiger partial charge in [-0.25, -0.2) is 0 Å². The maximum absolute atomic E-state index is 12.7. The minimum atomic E-state index is -0.624. The van der Waals surface area contributed by atoms with Gasteiger partial charge in [-0.3, -0.25) is 9.59 Å². The summed E-state index contributed by atoms with van der Waals surface area (Å²) in [5.74, 6) is -0.0760. The van der Waals surface area contributed by atoms with Crippen LogP contribution in [0.25, 0.3) is 11.4 Å². The molecule has 1 saturated carbocycles. The number of hydrogen-bond acceptors (Lipinski definition) is 6. The molecule has 1 aliphatic heterocycles. The van der Waals surface area contributed by atoms with Gasteiger partial charge in [0.05, 0.1) is 18.9 Å². The number of benzene rings is 1. The molecule has 1 saturated heterocycles. The lowest BCUT2D eigenvalue weighted by molar-refractivity contribution is -0.153. The normalized spacial score (nSPS) is 21.2. The number of esters is 1. The van der Waals surface area contributed by atoms with E-state index in [-0.39, 0.29) is 24.8 Å². The van der Waals surface area contributed by atoms with Crippen molar-refractivity contribution in [2.75, 3.05) is 0 Å². The Morgan fingerprint density at radius 2 is 2.11 bits per heavy atom. The molecule has 0 radical (unpaired) electrons. The maximum Gasteiger partial charge on any atom is 0.307 e. The lowest BCUT2D eigenvalue weighted by Crippen LogP contribution is -2.45. The number of carbonyl (C=O) groups excluding carboxylic acids is 2. The van der Waals surface area contributed by atoms with Crippen molar-refractivity contribution >= 4 is 11.9 Å². The molecule has 0 unspecified atom stereocenters. The smallest absolute Gasteiger partial charge is 0.307 e. The lowest BCUT2D eigenvalue weighted by Gasteiger charge is -2.35. The number of ether oxygens (including phenoxy) is 1. The number of rotatable bonds is 4. The molecule has 4 rings (SSSR count). The largest absolute Gasteiger partial charge is 0.458 e. The Morgan fingerprint density at radius 1 is 1.30 bits per heavy atom. The highest BCUT2D eigenvalue weighted by Gasteiger charge is 2.52. The van der Waals surface area contributed by atoms with E-state index in [0.29, 0.717) is 11.7 Å². The minimum absolute atomic E-state index is 0.137. The van der Waals surface area contributed by atoms with Crippen molar-refractivity contribution in [2.24, 2.45) is 5.92 Å². The Labute approximate surface area is 157 Å². The molecule has 0 bridgehead atoms. The van der Waals surface area contributed by atoms with Crippen LogP contribution in [0.4, 0.5) is 0 Å². The summed E-state index contributed by atoms with van der Waals surface area (Å²) in [5.41, 5.74) is 1.35. The SMILES string of the molecule is Cc1cccc(-c2noc(CNC(=O)[C@@H]3CC(=O)OC34CCCCC4)n2)c1. The molecule has 7 heteroatoms. The molecule has 2 aliphatic rings. The van der Waals surface area contributed by atoms with Crippen LogP contribution in [0.5, 0.6) is 0 Å². The van der Waals surface area contributed by atoms with E-state index < -0.39 is 11.5 Å². The molecule has 1 aromatic carbocycles. The first-order valence-electron chi connectivity index (χ1n) is 9.45. The highest BCUT2D eigenvalue weighted by atomic mass is 16.6. The van der Waals surface area contributed by atoms with E-state index in [0.717, 1.165) is 43.2 Å². The number of carbonyl (C=O) groups is 2. The second kappa shape index (κ2) is 7.13. The Bertz CT molecular complexity index is 854. The quantitative estimate of drug-likeness (QED) is 0.833. The summed E-state index contributed by atoms with van der Waals surface area (Å²) in [6, 6.07) is 7.82. The van der Waals surface area contributed by atoms with Gasteiger partial charge in [-0.05, 0) is 38.7 Å². The van der Waals surface area contributed by atoms with Crippen molar-refractivity contribution in [1.82, 2.24) is 15.5 Å². The molecule has 7 nitrogen and oxygen atoms in total. The topological polar surface area (TPSA) is 94.3 Å². The van der Waals surface area contributed by atoms with E-state index in [2.05, 4.69) is 15.5 Å². The van der Waals surface area contributed by atoms with Crippen molar-refractivity contribution in [3.05, 3.63) is 35.7 Å². The van der Waals surface area contributed by atoms with E-state index in [1.54, 1.807) is 0 Å². The third kappa shape index (κ3) is 3.59. The summed E-state index contributed by atoms with van der Waals surface area (Å²) < 4.78 is 10.9. The van der Waals surface area contributed by atoms with Gasteiger partial charge in [0, 0.05) is 5.56 Å². The zero-order chi connectivity index (χ0) is 18.9. The second-order valence-electron chi connectivity index (χ2n) is 7.46. The monoisotopic (exact) mass is 369 g/mol. The average Bonchev–Trinajstić information content (AvgIpc) is 3.25. The Balaban J connectivity index is 1.41. The first-order chi connectivity index (χ1) is 13.1. The fourth-order valence-electron chi connectivity index (χ4n) is 4.14. The van der Waals surface area contributed by atoms with E-state index in [9.17, 15) is 9.59 Å². The van der Waals surface area contributed by atoms with Gasteiger partial charge >= 0.3 is 5.97 Å². The van der Waals surface area contributed by atoms with Crippen molar-refractivity contribution in [2.45, 2.75) is 57.6 Å². The van der Waals surface area contributed by atoms with Gasteiger partial charge < -0.3 is 14.6 Å². The van der Waals surface area contributed by atoms with Crippen LogP contribution in [0, 0.1) is 12.8 Å². The fraction of sp³-hybridized carbons (Fsp3) is 0.500. The van der Waals surface area contributed by atoms with Gasteiger partial charge in [0.2, 0.25) is 17.6 Å². The summed E-state index contributed by atoms with van der Waals surface area (Å²) in [5, 5.41) is 6.82. The van der Waals surface area contributed by atoms with E-state index >= 15 is 0 Å². The summed E-state index contributed by atoms with van der Waals surface area (Å²) in [6.07, 6.45) is 4.76. The van der Waals surface area contributed by atoms with Crippen LogP contribution in [0.2, 0.25) is 0 Å². The number of nitrogens with one attached hydrogen (secondary N) is 1. The zero-order valence-electron chi connectivity index (χ0n) is 15.4. The first kappa shape index (κ1) is 17.7. The molecule has 2 heterocycles. The summed E-state index contributed by atoms with van der Waals surface area (Å²) in [6.45, 7) is 2.13. The highest BCUT2D eigenvalue weighted by Crippen LogP contribution is 2.44. The predicted molar refractivity (Wildman–Crippen MR) is 96.3 cm³/mol. The predicted octanol–water partition coefficient (Wildman–Crippen LogP) is 2.93. The number of aryl methyl sites for hydroxylation is 1. The van der Waals surface area contributed by atoms with E-state index in [4.69, 9.17) is 9.26 Å². The van der Waals surface area contributed by atoms with E-state index in [1.165, 1.54) is 0 Å². The van der Waals surface area contributed by atoms with Gasteiger partial charge in [-0.2, -0.15) is 4.98 Å². The third-order valence-electron chi connectivity index (χ3n) is 5.50. The molecule has 1 aromatic heterocycles. The number of hydrogen-bond donors (Lipinski definition) is 1. The number of aromatic nitrogens is 2. The summed E-state index contributed by atoms with van der Waals surface area (Å²) in [4.78, 5) is 28.9. The molecule has 142 valence electrons. The summed E-state index contributed by atoms with van der Waals surface area (Å²) >= 11 is 0. The molecule has 2 fully saturated rings. The van der Waals surface area contributed by atoms with Crippen LogP contribution in [0.3, 0.4) is 0 Å². The lowest BCUT2D eigenvalue weighted by atomic mass is 9.75. The van der Waals surface area contributed by atoms with Gasteiger partial charge in [0.15, 0.2) is 0 Å². The van der Waals surface area contributed by atoms with Crippen molar-refractivity contribution < 1.29 is 18.8 Å². The summed E-state index contributed by atoms with van der Waals surface area (Å²) in [7, 11) is 0. The highest BCUT2D eigenvalue weighted by molar-refractivity contribution is 5.87. The molecular formula is C20H23N3O4. The van der Waals surface area contributed by atoms with Crippen LogP contribution in [-0.4, -0.2) is 27.6 Å². The molecule has 1 aliphatic carbocycles. The average molecular weight is 369 g/mol. The van der Waals surface area contributed by atoms with Crippen LogP contribution in [0.1, 0.15) is 50.0 Å². The molecule has 1 spiro atoms. The van der Waals surface area contributed by atoms with Crippen molar-refractivity contribution in [3.63, 3.8) is 0 Å². The number of nitrogens with zero attached hydrogens (tertiary/aromatic N) is 2. The van der Waals surface area contributed by atoms with Gasteiger partial charge in [-0.1, -0.05) is 35.3 Å². The molecule has 1 amide bonds. The second-order valence-corrected chi connectivity index (χ2v) is 7.46. The van der Waals surface area contributed by atoms with E-state index in [1.807, 2.05) is 31.2 Å². The maximum atomic E-state index is 12.7. The molecule has 27 heavy (non-hydrogen) atoms. The fourth-order valence-corrected chi connectivity index (χ4v) is 4.14. The van der Waals surface area contributed by atoms with Crippen LogP contribution in [-0.2, 0) is 20.9 Å². The van der Waals surface area contributed by atoms with Crippen molar-refractivity contribution in [3.8, 4) is 11.4 Å². The third-order valence-corrected chi connectivity index (χ3v) is 5.50. The standard InChI is InChI=1S/C20H23N3O4/c1-13-6-5-7-14(10-13)18-22-16(27-23-18)12-21-19(25)15-11-17(24)26-20(15)8-3-2-4-9-20/h5-7,10,15H,2-4,8-9,11-12H2,1H3,(H,21,25)/t15-/m0/s1. The van der Waals surface area contributed by atoms with Crippen LogP contribution in [0.15, 0.2) is 28.8 Å². The molecule has 1 atom stereocenters. The Hall–Kier alpha value is -2.70. The first-order valence-corrected chi connectivity index (χ1v) is 9.45. The van der Waals surface area contributed by atoms with Gasteiger partial charge in [0.25, 0.3) is 0 Å². The van der Waals surface area contributed by atoms with Gasteiger partial charge in [-0.15, -0.1) is 0 Å². The Morgan fingerprint density at radius 3 is 2.89 bits per heavy atom. The van der Waals surface area contributed by atoms with Crippen molar-refractivity contribution in [1.29, 1.82) is 0 Å². The molecule has 2 aromatic rings. The number of amides is 1. The zero-order valence-corrected chi connectivity index (χ0v) is 15.4.